The van der Waals surface area contributed by atoms with Gasteiger partial charge in [0, 0.05) is 6.42 Å². The van der Waals surface area contributed by atoms with Crippen molar-refractivity contribution in [2.45, 2.75) is 79.1 Å². The van der Waals surface area contributed by atoms with Crippen LogP contribution in [-0.2, 0) is 4.79 Å². The van der Waals surface area contributed by atoms with Gasteiger partial charge in [0.15, 0.2) is 5.78 Å². The van der Waals surface area contributed by atoms with E-state index < -0.39 is 0 Å². The predicted octanol–water partition coefficient (Wildman–Crippen LogP) is 5.39. The highest BCUT2D eigenvalue weighted by Gasteiger charge is 2.57. The van der Waals surface area contributed by atoms with Crippen LogP contribution in [0.25, 0.3) is 0 Å². The summed E-state index contributed by atoms with van der Waals surface area (Å²) in [5, 5.41) is 0. The Balaban J connectivity index is 0.000000815. The van der Waals surface area contributed by atoms with E-state index in [1.807, 2.05) is 26.1 Å². The zero-order valence-electron chi connectivity index (χ0n) is 16.0. The number of fused-ring (bicyclic) bond motifs is 5. The molecular weight excluding hydrogens is 294 g/mol. The van der Waals surface area contributed by atoms with Crippen molar-refractivity contribution in [1.29, 1.82) is 0 Å². The van der Waals surface area contributed by atoms with E-state index in [9.17, 15) is 4.79 Å². The van der Waals surface area contributed by atoms with Gasteiger partial charge in [0.2, 0.25) is 0 Å². The van der Waals surface area contributed by atoms with Crippen LogP contribution in [0.3, 0.4) is 0 Å². The lowest BCUT2D eigenvalue weighted by atomic mass is 9.47. The second-order valence-electron chi connectivity index (χ2n) is 8.66. The van der Waals surface area contributed by atoms with Crippen LogP contribution >= 0.6 is 0 Å². The molecular formula is C22H35NO. The zero-order valence-corrected chi connectivity index (χ0v) is 16.0. The molecule has 5 atom stereocenters. The fraction of sp³-hybridized carbons (Fsp3) is 0.773. The first-order valence-corrected chi connectivity index (χ1v) is 10.1. The normalized spacial score (nSPS) is 45.5. The highest BCUT2D eigenvalue weighted by molar-refractivity contribution is 5.91. The third-order valence-electron chi connectivity index (χ3n) is 8.01. The number of rotatable bonds is 0. The maximum Gasteiger partial charge on any atom is 0.155 e. The van der Waals surface area contributed by atoms with Gasteiger partial charge < -0.3 is 5.73 Å². The Morgan fingerprint density at radius 2 is 1.71 bits per heavy atom. The molecule has 4 rings (SSSR count). The minimum absolute atomic E-state index is 0.299. The van der Waals surface area contributed by atoms with E-state index >= 15 is 0 Å². The first-order chi connectivity index (χ1) is 11.5. The molecule has 0 heterocycles. The van der Waals surface area contributed by atoms with Crippen molar-refractivity contribution < 1.29 is 4.79 Å². The fourth-order valence-corrected chi connectivity index (χ4v) is 6.68. The first-order valence-electron chi connectivity index (χ1n) is 10.1. The molecule has 0 spiro atoms. The summed E-state index contributed by atoms with van der Waals surface area (Å²) in [7, 11) is 0. The van der Waals surface area contributed by atoms with Gasteiger partial charge in [-0.05, 0) is 91.4 Å². The minimum Gasteiger partial charge on any atom is -0.405 e. The van der Waals surface area contributed by atoms with Crippen molar-refractivity contribution >= 4 is 5.78 Å². The first kappa shape index (κ1) is 17.8. The molecule has 3 fully saturated rings. The van der Waals surface area contributed by atoms with Gasteiger partial charge in [-0.3, -0.25) is 4.79 Å². The van der Waals surface area contributed by atoms with Gasteiger partial charge in [-0.2, -0.15) is 0 Å². The average Bonchev–Trinajstić information content (AvgIpc) is 2.93. The molecule has 134 valence electrons. The van der Waals surface area contributed by atoms with Gasteiger partial charge in [-0.25, -0.2) is 0 Å². The van der Waals surface area contributed by atoms with Gasteiger partial charge in [-0.1, -0.05) is 33.3 Å². The van der Waals surface area contributed by atoms with E-state index in [0.29, 0.717) is 16.6 Å². The number of hydrogen-bond acceptors (Lipinski definition) is 2. The number of nitrogens with two attached hydrogens (primary N) is 1. The Hall–Kier alpha value is -1.05. The molecule has 2 N–H and O–H groups in total. The van der Waals surface area contributed by atoms with Crippen LogP contribution < -0.4 is 5.73 Å². The Labute approximate surface area is 148 Å². The Morgan fingerprint density at radius 3 is 2.42 bits per heavy atom. The molecule has 0 aliphatic heterocycles. The van der Waals surface area contributed by atoms with Gasteiger partial charge >= 0.3 is 0 Å². The van der Waals surface area contributed by atoms with Crippen LogP contribution in [0.15, 0.2) is 23.4 Å². The lowest BCUT2D eigenvalue weighted by Gasteiger charge is -2.57. The molecule has 0 aromatic rings. The summed E-state index contributed by atoms with van der Waals surface area (Å²) >= 11 is 0. The molecule has 0 aromatic heterocycles. The van der Waals surface area contributed by atoms with E-state index in [4.69, 9.17) is 5.73 Å². The van der Waals surface area contributed by atoms with Crippen LogP contribution in [0.5, 0.6) is 0 Å². The summed E-state index contributed by atoms with van der Waals surface area (Å²) in [4.78, 5) is 11.8. The maximum absolute atomic E-state index is 11.8. The van der Waals surface area contributed by atoms with Crippen LogP contribution in [0, 0.1) is 28.6 Å². The van der Waals surface area contributed by atoms with Gasteiger partial charge in [0.05, 0.1) is 0 Å². The largest absolute Gasteiger partial charge is 0.405 e. The lowest BCUT2D eigenvalue weighted by molar-refractivity contribution is -0.117. The fourth-order valence-electron chi connectivity index (χ4n) is 6.68. The summed E-state index contributed by atoms with van der Waals surface area (Å²) in [6.45, 7) is 8.93. The number of carbonyl (C=O) groups excluding carboxylic acids is 1. The number of carbonyl (C=O) groups is 1. The third kappa shape index (κ3) is 2.40. The summed E-state index contributed by atoms with van der Waals surface area (Å²) in [6.07, 6.45) is 13.3. The van der Waals surface area contributed by atoms with Crippen molar-refractivity contribution in [2.75, 3.05) is 0 Å². The van der Waals surface area contributed by atoms with E-state index in [-0.39, 0.29) is 0 Å². The molecule has 0 radical (unpaired) electrons. The predicted molar refractivity (Wildman–Crippen MR) is 100 cm³/mol. The molecule has 24 heavy (non-hydrogen) atoms. The minimum atomic E-state index is 0.299. The highest BCUT2D eigenvalue weighted by Crippen LogP contribution is 2.66. The van der Waals surface area contributed by atoms with Crippen LogP contribution in [0.4, 0.5) is 0 Å². The highest BCUT2D eigenvalue weighted by atomic mass is 16.1. The second-order valence-corrected chi connectivity index (χ2v) is 8.66. The zero-order chi connectivity index (χ0) is 17.5. The molecule has 3 unspecified atom stereocenters. The van der Waals surface area contributed by atoms with Crippen LogP contribution in [0.2, 0.25) is 0 Å². The molecule has 4 aliphatic rings. The van der Waals surface area contributed by atoms with Crippen LogP contribution in [0.1, 0.15) is 79.1 Å². The Morgan fingerprint density at radius 1 is 1.00 bits per heavy atom. The van der Waals surface area contributed by atoms with Crippen molar-refractivity contribution in [2.24, 2.45) is 34.3 Å². The Bertz CT molecular complexity index is 575. The van der Waals surface area contributed by atoms with E-state index in [2.05, 4.69) is 13.8 Å². The van der Waals surface area contributed by atoms with E-state index in [0.717, 1.165) is 37.0 Å². The van der Waals surface area contributed by atoms with Gasteiger partial charge in [0.1, 0.15) is 0 Å². The van der Waals surface area contributed by atoms with Crippen molar-refractivity contribution in [3.63, 3.8) is 0 Å². The lowest BCUT2D eigenvalue weighted by Crippen LogP contribution is -2.49. The summed E-state index contributed by atoms with van der Waals surface area (Å²) in [6, 6.07) is 0. The molecule has 0 bridgehead atoms. The second kappa shape index (κ2) is 6.35. The SMILES string of the molecule is CC.C[C@]12CCC(=O)C=C1CCC1C2CC[C@]2(C)/C(=C/N)CCC12. The topological polar surface area (TPSA) is 43.1 Å². The quantitative estimate of drug-likeness (QED) is 0.647. The average molecular weight is 330 g/mol. The molecule has 0 aromatic carbocycles. The molecule has 2 heteroatoms. The summed E-state index contributed by atoms with van der Waals surface area (Å²) in [5.74, 6) is 2.81. The Kier molecular flexibility index (Phi) is 4.70. The molecule has 2 nitrogen and oxygen atoms in total. The molecule has 0 saturated heterocycles. The maximum atomic E-state index is 11.8. The molecule has 3 saturated carbocycles. The summed E-state index contributed by atoms with van der Waals surface area (Å²) < 4.78 is 0. The van der Waals surface area contributed by atoms with Crippen molar-refractivity contribution in [1.82, 2.24) is 0 Å². The smallest absolute Gasteiger partial charge is 0.155 e. The third-order valence-corrected chi connectivity index (χ3v) is 8.01. The molecule has 4 aliphatic carbocycles. The van der Waals surface area contributed by atoms with Crippen LogP contribution in [-0.4, -0.2) is 5.78 Å². The van der Waals surface area contributed by atoms with E-state index in [1.165, 1.54) is 43.3 Å². The van der Waals surface area contributed by atoms with Crippen molar-refractivity contribution in [3.05, 3.63) is 23.4 Å². The summed E-state index contributed by atoms with van der Waals surface area (Å²) in [5.41, 5.74) is 9.58. The van der Waals surface area contributed by atoms with E-state index in [1.54, 1.807) is 0 Å². The van der Waals surface area contributed by atoms with Crippen molar-refractivity contribution in [3.8, 4) is 0 Å². The van der Waals surface area contributed by atoms with Gasteiger partial charge in [0.25, 0.3) is 0 Å². The standard InChI is InChI=1S/C20H29NO.C2H6/c1-19-9-7-15(22)11-13(19)3-5-16-17-6-4-14(12-21)20(17,2)10-8-18(16)19;1-2/h11-12,16-18H,3-10,21H2,1-2H3;1-2H3/b14-12+;/t16?,17?,18?,19-,20+;/m0./s1. The van der Waals surface area contributed by atoms with Gasteiger partial charge in [-0.15, -0.1) is 0 Å². The number of allylic oxidation sites excluding steroid dienone is 2. The number of hydrogen-bond donors (Lipinski definition) is 1. The number of ketones is 1. The monoisotopic (exact) mass is 329 g/mol. The molecule has 0 amide bonds.